The number of rotatable bonds is 2. The Morgan fingerprint density at radius 2 is 1.88 bits per heavy atom. The molecule has 0 saturated carbocycles. The van der Waals surface area contributed by atoms with Crippen molar-refractivity contribution in [2.45, 2.75) is 0 Å². The highest BCUT2D eigenvalue weighted by Gasteiger charge is 2.14. The zero-order chi connectivity index (χ0) is 11.5. The van der Waals surface area contributed by atoms with Gasteiger partial charge in [0.2, 0.25) is 0 Å². The number of anilines is 1. The SMILES string of the molecule is [B]c1ccc(N2CCN(C)CC2)cc1OC. The fourth-order valence-corrected chi connectivity index (χ4v) is 1.96. The second kappa shape index (κ2) is 4.79. The standard InChI is InChI=1S/C12H17BN2O/c1-14-5-7-15(8-6-14)10-3-4-11(13)12(9-10)16-2/h3-4,9H,5-8H2,1-2H3. The van der Waals surface area contributed by atoms with Gasteiger partial charge in [-0.25, -0.2) is 0 Å². The van der Waals surface area contributed by atoms with Gasteiger partial charge in [-0.15, -0.1) is 0 Å². The third-order valence-electron chi connectivity index (χ3n) is 3.09. The molecule has 1 aromatic carbocycles. The summed E-state index contributed by atoms with van der Waals surface area (Å²) in [5, 5.41) is 0. The van der Waals surface area contributed by atoms with E-state index in [0.717, 1.165) is 31.9 Å². The maximum atomic E-state index is 5.80. The minimum atomic E-state index is 0.695. The van der Waals surface area contributed by atoms with E-state index < -0.39 is 0 Å². The molecule has 84 valence electrons. The Labute approximate surface area is 98.4 Å². The van der Waals surface area contributed by atoms with Gasteiger partial charge in [0.25, 0.3) is 0 Å². The highest BCUT2D eigenvalue weighted by atomic mass is 16.5. The Morgan fingerprint density at radius 1 is 1.19 bits per heavy atom. The Kier molecular flexibility index (Phi) is 3.39. The average molecular weight is 216 g/mol. The van der Waals surface area contributed by atoms with Crippen LogP contribution in [0.25, 0.3) is 0 Å². The largest absolute Gasteiger partial charge is 0.497 e. The third kappa shape index (κ3) is 2.32. The summed E-state index contributed by atoms with van der Waals surface area (Å²) in [4.78, 5) is 4.70. The summed E-state index contributed by atoms with van der Waals surface area (Å²) < 4.78 is 5.24. The first-order valence-corrected chi connectivity index (χ1v) is 5.57. The number of benzene rings is 1. The van der Waals surface area contributed by atoms with Gasteiger partial charge in [0.05, 0.1) is 7.11 Å². The van der Waals surface area contributed by atoms with Gasteiger partial charge in [0.1, 0.15) is 13.6 Å². The minimum absolute atomic E-state index is 0.695. The molecule has 0 N–H and O–H groups in total. The van der Waals surface area contributed by atoms with Crippen LogP contribution in [0.1, 0.15) is 0 Å². The molecule has 1 heterocycles. The predicted octanol–water partition coefficient (Wildman–Crippen LogP) is 0.241. The van der Waals surface area contributed by atoms with Crippen molar-refractivity contribution in [3.63, 3.8) is 0 Å². The molecule has 0 atom stereocenters. The minimum Gasteiger partial charge on any atom is -0.497 e. The summed E-state index contributed by atoms with van der Waals surface area (Å²) in [6, 6.07) is 5.98. The molecule has 4 heteroatoms. The molecule has 0 aromatic heterocycles. The average Bonchev–Trinajstić information content (AvgIpc) is 2.31. The third-order valence-corrected chi connectivity index (χ3v) is 3.09. The first-order chi connectivity index (χ1) is 7.70. The summed E-state index contributed by atoms with van der Waals surface area (Å²) in [6.07, 6.45) is 0. The number of hydrogen-bond acceptors (Lipinski definition) is 3. The smallest absolute Gasteiger partial charge is 0.119 e. The molecule has 1 aliphatic rings. The van der Waals surface area contributed by atoms with Gasteiger partial charge in [-0.2, -0.15) is 0 Å². The molecule has 0 aliphatic carbocycles. The summed E-state index contributed by atoms with van der Waals surface area (Å²) in [5.74, 6) is 0.761. The summed E-state index contributed by atoms with van der Waals surface area (Å²) in [5.41, 5.74) is 1.89. The van der Waals surface area contributed by atoms with Crippen molar-refractivity contribution < 1.29 is 4.74 Å². The zero-order valence-electron chi connectivity index (χ0n) is 9.94. The van der Waals surface area contributed by atoms with Crippen molar-refractivity contribution in [3.8, 4) is 5.75 Å². The van der Waals surface area contributed by atoms with E-state index in [1.54, 1.807) is 7.11 Å². The Balaban J connectivity index is 2.14. The van der Waals surface area contributed by atoms with E-state index in [9.17, 15) is 0 Å². The van der Waals surface area contributed by atoms with Crippen molar-refractivity contribution in [1.82, 2.24) is 4.90 Å². The normalized spacial score (nSPS) is 17.5. The Hall–Kier alpha value is -1.16. The molecule has 0 unspecified atom stereocenters. The van der Waals surface area contributed by atoms with Crippen LogP contribution in [0.3, 0.4) is 0 Å². The predicted molar refractivity (Wildman–Crippen MR) is 68.1 cm³/mol. The van der Waals surface area contributed by atoms with E-state index in [-0.39, 0.29) is 0 Å². The van der Waals surface area contributed by atoms with Crippen LogP contribution < -0.4 is 15.1 Å². The first-order valence-electron chi connectivity index (χ1n) is 5.57. The molecule has 2 radical (unpaired) electrons. The number of likely N-dealkylation sites (N-methyl/N-ethyl adjacent to an activating group) is 1. The van der Waals surface area contributed by atoms with Gasteiger partial charge in [0.15, 0.2) is 0 Å². The molecule has 1 aromatic rings. The van der Waals surface area contributed by atoms with Crippen molar-refractivity contribution in [1.29, 1.82) is 0 Å². The van der Waals surface area contributed by atoms with E-state index >= 15 is 0 Å². The van der Waals surface area contributed by atoms with Crippen LogP contribution in [0.5, 0.6) is 5.75 Å². The van der Waals surface area contributed by atoms with Gasteiger partial charge in [-0.1, -0.05) is 11.5 Å². The van der Waals surface area contributed by atoms with E-state index in [4.69, 9.17) is 12.6 Å². The summed E-state index contributed by atoms with van der Waals surface area (Å²) in [6.45, 7) is 4.33. The molecule has 1 fully saturated rings. The maximum Gasteiger partial charge on any atom is 0.119 e. The van der Waals surface area contributed by atoms with Crippen LogP contribution in [0.15, 0.2) is 18.2 Å². The van der Waals surface area contributed by atoms with Crippen molar-refractivity contribution >= 4 is 19.0 Å². The van der Waals surface area contributed by atoms with E-state index in [2.05, 4.69) is 22.9 Å². The number of methoxy groups -OCH3 is 1. The summed E-state index contributed by atoms with van der Waals surface area (Å²) >= 11 is 0. The molecular formula is C12H17BN2O. The van der Waals surface area contributed by atoms with Gasteiger partial charge < -0.3 is 14.5 Å². The lowest BCUT2D eigenvalue weighted by Gasteiger charge is -2.34. The van der Waals surface area contributed by atoms with E-state index in [1.807, 2.05) is 12.1 Å². The number of nitrogens with zero attached hydrogens (tertiary/aromatic N) is 2. The molecule has 0 spiro atoms. The number of piperazine rings is 1. The molecule has 0 bridgehead atoms. The van der Waals surface area contributed by atoms with Crippen molar-refractivity contribution in [3.05, 3.63) is 18.2 Å². The molecule has 3 nitrogen and oxygen atoms in total. The topological polar surface area (TPSA) is 15.7 Å². The maximum absolute atomic E-state index is 5.80. The van der Waals surface area contributed by atoms with Gasteiger partial charge >= 0.3 is 0 Å². The molecular weight excluding hydrogens is 199 g/mol. The van der Waals surface area contributed by atoms with Crippen LogP contribution in [-0.2, 0) is 0 Å². The Morgan fingerprint density at radius 3 is 2.50 bits per heavy atom. The van der Waals surface area contributed by atoms with Crippen LogP contribution in [-0.4, -0.2) is 53.1 Å². The lowest BCUT2D eigenvalue weighted by molar-refractivity contribution is 0.312. The lowest BCUT2D eigenvalue weighted by Crippen LogP contribution is -2.44. The first kappa shape index (κ1) is 11.3. The Bertz CT molecular complexity index is 362. The van der Waals surface area contributed by atoms with Crippen molar-refractivity contribution in [2.24, 2.45) is 0 Å². The fraction of sp³-hybridized carbons (Fsp3) is 0.500. The van der Waals surface area contributed by atoms with Crippen molar-refractivity contribution in [2.75, 3.05) is 45.2 Å². The zero-order valence-corrected chi connectivity index (χ0v) is 9.94. The second-order valence-corrected chi connectivity index (χ2v) is 4.22. The highest BCUT2D eigenvalue weighted by molar-refractivity contribution is 6.34. The lowest BCUT2D eigenvalue weighted by atomic mass is 9.94. The molecule has 0 amide bonds. The van der Waals surface area contributed by atoms with Gasteiger partial charge in [-0.05, 0) is 13.1 Å². The van der Waals surface area contributed by atoms with Crippen LogP contribution in [0.4, 0.5) is 5.69 Å². The van der Waals surface area contributed by atoms with Crippen LogP contribution in [0.2, 0.25) is 0 Å². The fourth-order valence-electron chi connectivity index (χ4n) is 1.96. The molecule has 1 saturated heterocycles. The van der Waals surface area contributed by atoms with Gasteiger partial charge in [-0.3, -0.25) is 0 Å². The monoisotopic (exact) mass is 216 g/mol. The van der Waals surface area contributed by atoms with Gasteiger partial charge in [0, 0.05) is 37.9 Å². The van der Waals surface area contributed by atoms with Crippen LogP contribution in [0, 0.1) is 0 Å². The molecule has 1 aliphatic heterocycles. The number of ether oxygens (including phenoxy) is 1. The molecule has 2 rings (SSSR count). The quantitative estimate of drug-likeness (QED) is 0.658. The molecule has 16 heavy (non-hydrogen) atoms. The van der Waals surface area contributed by atoms with E-state index in [0.29, 0.717) is 5.46 Å². The summed E-state index contributed by atoms with van der Waals surface area (Å²) in [7, 11) is 9.61. The highest BCUT2D eigenvalue weighted by Crippen LogP contribution is 2.20. The van der Waals surface area contributed by atoms with E-state index in [1.165, 1.54) is 5.69 Å². The van der Waals surface area contributed by atoms with Crippen LogP contribution >= 0.6 is 0 Å². The number of hydrogen-bond donors (Lipinski definition) is 0. The second-order valence-electron chi connectivity index (χ2n) is 4.22.